The summed E-state index contributed by atoms with van der Waals surface area (Å²) in [7, 11) is 0. The number of carboxylic acid groups (broad SMARTS) is 1. The Kier molecular flexibility index (Phi) is 8.55. The van der Waals surface area contributed by atoms with E-state index >= 15 is 0 Å². The monoisotopic (exact) mass is 533 g/mol. The number of nitrogens with one attached hydrogen (secondary N) is 1. The Morgan fingerprint density at radius 1 is 0.974 bits per heavy atom. The topological polar surface area (TPSA) is 116 Å². The molecule has 1 aliphatic heterocycles. The number of hydrogen-bond acceptors (Lipinski definition) is 5. The predicted molar refractivity (Wildman–Crippen MR) is 139 cm³/mol. The number of aliphatic carboxylic acids is 1. The molecule has 0 saturated carbocycles. The van der Waals surface area contributed by atoms with Crippen molar-refractivity contribution in [2.24, 2.45) is 0 Å². The van der Waals surface area contributed by atoms with E-state index in [-0.39, 0.29) is 24.4 Å². The van der Waals surface area contributed by atoms with Gasteiger partial charge in [-0.3, -0.25) is 19.3 Å². The maximum atomic E-state index is 13.8. The molecule has 0 aliphatic carbocycles. The van der Waals surface area contributed by atoms with E-state index < -0.39 is 48.3 Å². The van der Waals surface area contributed by atoms with E-state index in [2.05, 4.69) is 5.32 Å². The van der Waals surface area contributed by atoms with Crippen molar-refractivity contribution in [3.63, 3.8) is 0 Å². The first kappa shape index (κ1) is 27.3. The second kappa shape index (κ2) is 12.2. The molecule has 39 heavy (non-hydrogen) atoms. The van der Waals surface area contributed by atoms with Gasteiger partial charge in [0.1, 0.15) is 11.6 Å². The minimum atomic E-state index is -1.44. The summed E-state index contributed by atoms with van der Waals surface area (Å²) in [6.45, 7) is 2.09. The summed E-state index contributed by atoms with van der Waals surface area (Å²) in [4.78, 5) is 54.6. The van der Waals surface area contributed by atoms with Gasteiger partial charge in [-0.2, -0.15) is 0 Å². The fourth-order valence-electron chi connectivity index (χ4n) is 4.48. The molecular formula is C29H28FN3O6. The lowest BCUT2D eigenvalue weighted by Crippen LogP contribution is -2.64. The summed E-state index contributed by atoms with van der Waals surface area (Å²) < 4.78 is 19.0. The molecule has 4 rings (SSSR count). The maximum absolute atomic E-state index is 13.8. The van der Waals surface area contributed by atoms with Gasteiger partial charge in [0.2, 0.25) is 0 Å². The number of ether oxygens (including phenoxy) is 1. The number of nitrogens with zero attached hydrogens (tertiary/aromatic N) is 2. The Morgan fingerprint density at radius 2 is 1.67 bits per heavy atom. The van der Waals surface area contributed by atoms with Crippen molar-refractivity contribution in [2.75, 3.05) is 13.1 Å². The first-order chi connectivity index (χ1) is 18.7. The average molecular weight is 534 g/mol. The van der Waals surface area contributed by atoms with E-state index in [1.807, 2.05) is 13.0 Å². The summed E-state index contributed by atoms with van der Waals surface area (Å²) >= 11 is 0. The largest absolute Gasteiger partial charge is 0.481 e. The van der Waals surface area contributed by atoms with E-state index in [4.69, 9.17) is 4.74 Å². The van der Waals surface area contributed by atoms with Crippen LogP contribution in [0.4, 0.5) is 9.18 Å². The van der Waals surface area contributed by atoms with Crippen LogP contribution in [0.15, 0.2) is 78.9 Å². The van der Waals surface area contributed by atoms with Gasteiger partial charge in [-0.25, -0.2) is 9.18 Å². The van der Waals surface area contributed by atoms with Crippen molar-refractivity contribution in [1.29, 1.82) is 0 Å². The number of benzene rings is 3. The number of carboxylic acids is 1. The van der Waals surface area contributed by atoms with Gasteiger partial charge in [-0.15, -0.1) is 0 Å². The second-order valence-corrected chi connectivity index (χ2v) is 9.18. The van der Waals surface area contributed by atoms with Crippen LogP contribution in [-0.2, 0) is 9.59 Å². The van der Waals surface area contributed by atoms with Crippen LogP contribution in [-0.4, -0.2) is 58.0 Å². The summed E-state index contributed by atoms with van der Waals surface area (Å²) in [5, 5.41) is 12.3. The molecule has 0 radical (unpaired) electrons. The van der Waals surface area contributed by atoms with Crippen LogP contribution in [0.5, 0.6) is 5.75 Å². The molecule has 202 valence electrons. The van der Waals surface area contributed by atoms with E-state index in [0.717, 1.165) is 22.6 Å². The van der Waals surface area contributed by atoms with E-state index in [1.54, 1.807) is 48.5 Å². The quantitative estimate of drug-likeness (QED) is 0.472. The van der Waals surface area contributed by atoms with Crippen LogP contribution in [0, 0.1) is 12.7 Å². The fourth-order valence-corrected chi connectivity index (χ4v) is 4.48. The normalized spacial score (nSPS) is 15.8. The summed E-state index contributed by atoms with van der Waals surface area (Å²) in [5.41, 5.74) is 1.57. The van der Waals surface area contributed by atoms with Crippen molar-refractivity contribution in [3.05, 3.63) is 101 Å². The standard InChI is InChI=1S/C29H28FN3O6/c1-19-7-5-8-21(17-19)24(18-25(34)35)31-26(36)27-32(28(37)20-11-13-22(30)14-12-20)15-6-16-33(27)29(38)39-23-9-3-2-4-10-23/h2-5,7-14,17,24,27H,6,15-16,18H2,1H3,(H,31,36)(H,34,35). The average Bonchev–Trinajstić information content (AvgIpc) is 2.92. The van der Waals surface area contributed by atoms with E-state index in [0.29, 0.717) is 12.0 Å². The van der Waals surface area contributed by atoms with E-state index in [1.165, 1.54) is 17.0 Å². The Balaban J connectivity index is 1.67. The Labute approximate surface area is 224 Å². The van der Waals surface area contributed by atoms with Crippen LogP contribution in [0.3, 0.4) is 0 Å². The molecule has 3 aromatic carbocycles. The molecular weight excluding hydrogens is 505 g/mol. The lowest BCUT2D eigenvalue weighted by molar-refractivity contribution is -0.138. The van der Waals surface area contributed by atoms with Crippen molar-refractivity contribution < 1.29 is 33.4 Å². The van der Waals surface area contributed by atoms with Crippen LogP contribution in [0.1, 0.15) is 40.4 Å². The number of rotatable bonds is 7. The fraction of sp³-hybridized carbons (Fsp3) is 0.241. The molecule has 0 bridgehead atoms. The van der Waals surface area contributed by atoms with Crippen molar-refractivity contribution in [1.82, 2.24) is 15.1 Å². The number of hydrogen-bond donors (Lipinski definition) is 2. The van der Waals surface area contributed by atoms with Crippen LogP contribution in [0.25, 0.3) is 0 Å². The minimum Gasteiger partial charge on any atom is -0.481 e. The molecule has 1 fully saturated rings. The molecule has 0 aromatic heterocycles. The number of para-hydroxylation sites is 1. The van der Waals surface area contributed by atoms with Gasteiger partial charge in [0.15, 0.2) is 6.17 Å². The third-order valence-electron chi connectivity index (χ3n) is 6.30. The lowest BCUT2D eigenvalue weighted by atomic mass is 10.0. The number of carbonyl (C=O) groups excluding carboxylic acids is 3. The first-order valence-corrected chi connectivity index (χ1v) is 12.4. The molecule has 2 unspecified atom stereocenters. The molecule has 2 N–H and O–H groups in total. The number of carbonyl (C=O) groups is 4. The summed E-state index contributed by atoms with van der Waals surface area (Å²) in [6.07, 6.45) is -2.34. The smallest absolute Gasteiger partial charge is 0.417 e. The van der Waals surface area contributed by atoms with Crippen molar-refractivity contribution in [3.8, 4) is 5.75 Å². The van der Waals surface area contributed by atoms with Gasteiger partial charge in [-0.05, 0) is 55.3 Å². The Morgan fingerprint density at radius 3 is 2.33 bits per heavy atom. The SMILES string of the molecule is Cc1cccc(C(CC(=O)O)NC(=O)C2N(C(=O)Oc3ccccc3)CCCN2C(=O)c2ccc(F)cc2)c1. The molecule has 0 spiro atoms. The molecule has 1 aliphatic rings. The highest BCUT2D eigenvalue weighted by Crippen LogP contribution is 2.24. The zero-order chi connectivity index (χ0) is 27.9. The number of aryl methyl sites for hydroxylation is 1. The highest BCUT2D eigenvalue weighted by molar-refractivity contribution is 5.98. The summed E-state index contributed by atoms with van der Waals surface area (Å²) in [5.74, 6) is -2.74. The van der Waals surface area contributed by atoms with Crippen LogP contribution >= 0.6 is 0 Å². The zero-order valence-electron chi connectivity index (χ0n) is 21.2. The van der Waals surface area contributed by atoms with Crippen LogP contribution < -0.4 is 10.1 Å². The molecule has 3 amide bonds. The second-order valence-electron chi connectivity index (χ2n) is 9.18. The van der Waals surface area contributed by atoms with Gasteiger partial charge >= 0.3 is 12.1 Å². The minimum absolute atomic E-state index is 0.116. The molecule has 2 atom stereocenters. The first-order valence-electron chi connectivity index (χ1n) is 12.4. The molecule has 1 saturated heterocycles. The highest BCUT2D eigenvalue weighted by atomic mass is 19.1. The van der Waals surface area contributed by atoms with Gasteiger partial charge in [0.25, 0.3) is 11.8 Å². The number of amides is 3. The predicted octanol–water partition coefficient (Wildman–Crippen LogP) is 4.14. The van der Waals surface area contributed by atoms with E-state index in [9.17, 15) is 28.7 Å². The van der Waals surface area contributed by atoms with Gasteiger partial charge in [0.05, 0.1) is 12.5 Å². The van der Waals surface area contributed by atoms with Gasteiger partial charge in [0, 0.05) is 18.7 Å². The summed E-state index contributed by atoms with van der Waals surface area (Å²) in [6, 6.07) is 19.3. The lowest BCUT2D eigenvalue weighted by Gasteiger charge is -2.42. The molecule has 9 nitrogen and oxygen atoms in total. The maximum Gasteiger partial charge on any atom is 0.417 e. The molecule has 1 heterocycles. The van der Waals surface area contributed by atoms with Crippen LogP contribution in [0.2, 0.25) is 0 Å². The highest BCUT2D eigenvalue weighted by Gasteiger charge is 2.42. The van der Waals surface area contributed by atoms with Crippen molar-refractivity contribution in [2.45, 2.75) is 32.0 Å². The number of halogens is 1. The van der Waals surface area contributed by atoms with Gasteiger partial charge < -0.3 is 20.1 Å². The third kappa shape index (κ3) is 6.78. The van der Waals surface area contributed by atoms with Crippen molar-refractivity contribution >= 4 is 23.9 Å². The Bertz CT molecular complexity index is 1350. The van der Waals surface area contributed by atoms with Gasteiger partial charge in [-0.1, -0.05) is 48.0 Å². The molecule has 10 heteroatoms. The zero-order valence-corrected chi connectivity index (χ0v) is 21.2. The third-order valence-corrected chi connectivity index (χ3v) is 6.30. The molecule has 3 aromatic rings. The Hall–Kier alpha value is -4.73.